The molecule has 0 bridgehead atoms. The highest BCUT2D eigenvalue weighted by Crippen LogP contribution is 2.39. The van der Waals surface area contributed by atoms with Gasteiger partial charge in [-0.05, 0) is 132 Å². The number of nitrogens with one attached hydrogen (secondary N) is 3. The zero-order valence-electron chi connectivity index (χ0n) is 66.8. The van der Waals surface area contributed by atoms with E-state index in [9.17, 15) is 37.1 Å². The van der Waals surface area contributed by atoms with Gasteiger partial charge in [0, 0.05) is 88.5 Å². The summed E-state index contributed by atoms with van der Waals surface area (Å²) in [5.41, 5.74) is -2.57. The van der Waals surface area contributed by atoms with Gasteiger partial charge in [-0.3, -0.25) is 62.3 Å². The molecule has 1 spiro atoms. The Hall–Kier alpha value is -7.63. The van der Waals surface area contributed by atoms with Crippen molar-refractivity contribution in [2.75, 3.05) is 102 Å². The van der Waals surface area contributed by atoms with Gasteiger partial charge in [-0.15, -0.1) is 0 Å². The van der Waals surface area contributed by atoms with E-state index >= 15 is 38.4 Å². The van der Waals surface area contributed by atoms with Crippen LogP contribution in [0, 0.1) is 23.7 Å². The third-order valence-electron chi connectivity index (χ3n) is 24.7. The van der Waals surface area contributed by atoms with Crippen molar-refractivity contribution in [2.24, 2.45) is 23.7 Å². The number of hydrogen-bond acceptors (Lipinski definition) is 14. The van der Waals surface area contributed by atoms with E-state index in [1.54, 1.807) is 11.8 Å². The Morgan fingerprint density at radius 1 is 0.627 bits per heavy atom. The van der Waals surface area contributed by atoms with Crippen molar-refractivity contribution in [3.63, 3.8) is 0 Å². The first-order valence-corrected chi connectivity index (χ1v) is 40.5. The number of fused-ring (bicyclic) bond motifs is 1. The van der Waals surface area contributed by atoms with Crippen molar-refractivity contribution < 1.29 is 80.2 Å². The molecule has 7 fully saturated rings. The summed E-state index contributed by atoms with van der Waals surface area (Å²) in [7, 11) is 9.89. The van der Waals surface area contributed by atoms with E-state index in [1.165, 1.54) is 96.6 Å². The van der Waals surface area contributed by atoms with Gasteiger partial charge in [0.2, 0.25) is 76.8 Å². The molecule has 1 aromatic rings. The number of likely N-dealkylation sites (tertiary alicyclic amines) is 1. The molecule has 4 heterocycles. The summed E-state index contributed by atoms with van der Waals surface area (Å²) in [6, 6.07) is -8.64. The fourth-order valence-electron chi connectivity index (χ4n) is 17.2. The highest BCUT2D eigenvalue weighted by molar-refractivity contribution is 6.31. The maximum Gasteiger partial charge on any atom is 0.417 e. The number of piperidine rings is 1. The maximum absolute atomic E-state index is 16.0. The smallest absolute Gasteiger partial charge is 0.378 e. The first-order valence-electron chi connectivity index (χ1n) is 40.1. The summed E-state index contributed by atoms with van der Waals surface area (Å²) >= 11 is 6.23. The van der Waals surface area contributed by atoms with Crippen molar-refractivity contribution in [3.05, 3.63) is 34.3 Å². The average molecular weight is 1570 g/mol. The Morgan fingerprint density at radius 2 is 1.25 bits per heavy atom. The van der Waals surface area contributed by atoms with Crippen LogP contribution in [0.25, 0.3) is 0 Å². The van der Waals surface area contributed by atoms with E-state index in [1.807, 2.05) is 20.8 Å². The molecule has 0 radical (unpaired) electrons. The molecule has 31 heteroatoms. The molecule has 0 aromatic heterocycles. The van der Waals surface area contributed by atoms with Gasteiger partial charge in [0.15, 0.2) is 0 Å². The Labute approximate surface area is 651 Å². The predicted octanol–water partition coefficient (Wildman–Crippen LogP) is 6.04. The maximum atomic E-state index is 16.0. The van der Waals surface area contributed by atoms with Gasteiger partial charge in [-0.2, -0.15) is 13.2 Å². The van der Waals surface area contributed by atoms with Gasteiger partial charge < -0.3 is 69.7 Å². The normalized spacial score (nSPS) is 27.5. The van der Waals surface area contributed by atoms with Crippen LogP contribution in [0.4, 0.5) is 13.2 Å². The van der Waals surface area contributed by atoms with Crippen LogP contribution in [-0.4, -0.2) is 288 Å². The molecule has 0 unspecified atom stereocenters. The highest BCUT2D eigenvalue weighted by atomic mass is 35.5. The van der Waals surface area contributed by atoms with E-state index in [2.05, 4.69) is 16.0 Å². The SMILES string of the molecule is CC[C@H](C)[C@@H]1NC(=O)[C@H](CC(C)C)N(C)C(=O)C[C@@H](C(=O)N2CCOCC2)N(C)C(=O)[C@H](C2CCCC2)N(C)C(=O)C2(CCCC2)NC(=O)[C@H](CCC(=O)N2CCCCC2)N(C)C(=O)[C@H](CCc2ccc(C(F)(F)F)c(Cl)c2)NC(=O)CN(C)C(=O)[C@H](CC2CCCCC2)N(C)C(=O)[C@@H]2CCN2C(=O)[C@H](C)N(C)C1=O. The second-order valence-corrected chi connectivity index (χ2v) is 33.0. The fourth-order valence-corrected chi connectivity index (χ4v) is 17.5. The lowest BCUT2D eigenvalue weighted by atomic mass is 9.84. The molecule has 3 N–H and O–H groups in total. The van der Waals surface area contributed by atoms with Crippen molar-refractivity contribution >= 4 is 88.4 Å². The number of carbonyl (C=O) groups excluding carboxylic acids is 13. The number of hydrogen-bond donors (Lipinski definition) is 3. The van der Waals surface area contributed by atoms with Crippen molar-refractivity contribution in [1.29, 1.82) is 0 Å². The summed E-state index contributed by atoms with van der Waals surface area (Å²) < 4.78 is 47.8. The van der Waals surface area contributed by atoms with Crippen LogP contribution in [0.15, 0.2) is 18.2 Å². The number of amides is 13. The largest absolute Gasteiger partial charge is 0.417 e. The minimum absolute atomic E-state index is 0.0110. The Bertz CT molecular complexity index is 3470. The number of rotatable bonds is 14. The minimum Gasteiger partial charge on any atom is -0.378 e. The van der Waals surface area contributed by atoms with Crippen LogP contribution >= 0.6 is 11.6 Å². The van der Waals surface area contributed by atoms with Gasteiger partial charge in [-0.25, -0.2) is 0 Å². The molecule has 8 rings (SSSR count). The van der Waals surface area contributed by atoms with Crippen LogP contribution in [0.1, 0.15) is 200 Å². The molecule has 110 heavy (non-hydrogen) atoms. The van der Waals surface area contributed by atoms with Gasteiger partial charge in [-0.1, -0.05) is 110 Å². The summed E-state index contributed by atoms with van der Waals surface area (Å²) in [5.74, 6) is -9.79. The van der Waals surface area contributed by atoms with Crippen LogP contribution < -0.4 is 16.0 Å². The molecule has 614 valence electrons. The Morgan fingerprint density at radius 3 is 1.84 bits per heavy atom. The average Bonchev–Trinajstić information content (AvgIpc) is 1.36. The second-order valence-electron chi connectivity index (χ2n) is 32.6. The number of alkyl halides is 3. The molecular formula is C79H121ClF3N13O14. The molecule has 4 saturated heterocycles. The van der Waals surface area contributed by atoms with E-state index in [-0.39, 0.29) is 114 Å². The van der Waals surface area contributed by atoms with Crippen LogP contribution in [0.5, 0.6) is 0 Å². The summed E-state index contributed by atoms with van der Waals surface area (Å²) in [6.07, 6.45) is 4.57. The lowest BCUT2D eigenvalue weighted by Gasteiger charge is -2.45. The first-order chi connectivity index (χ1) is 52.0. The van der Waals surface area contributed by atoms with E-state index in [0.29, 0.717) is 58.0 Å². The van der Waals surface area contributed by atoms with Gasteiger partial charge in [0.1, 0.15) is 59.9 Å². The van der Waals surface area contributed by atoms with Gasteiger partial charge in [0.05, 0.1) is 36.8 Å². The fraction of sp³-hybridized carbons (Fsp3) is 0.759. The van der Waals surface area contributed by atoms with Crippen LogP contribution in [0.3, 0.4) is 0 Å². The van der Waals surface area contributed by atoms with E-state index < -0.39 is 172 Å². The standard InChI is InChI=1S/C79H121ClF3N13O14/c1-13-50(4)66-75(107)88(7)51(5)70(102)96-39-34-59(96)73(105)91(10)61(46-52-24-16-14-17-25-52)72(104)87(6)48-63(97)84-57(31-29-53-28-30-55(56(80)45-53)79(81,82)83)71(103)90(9)58(32-33-64(98)94-37-22-15-23-38-94)69(101)86-78(35-20-21-36-78)77(109)93(12)67(54-26-18-19-27-54)76(108)92(11)62(74(106)95-40-42-110-43-41-95)47-65(99)89(8)60(44-49(2)3)68(100)85-66/h28,30,45,49-52,54,57-62,66-67H,13-27,29,31-44,46-48H2,1-12H3,(H,84,97)(H,85,100)(H,86,101)/t50-,51-,57-,58-,59-,60-,61-,62-,66-,67-/m0/s1. The predicted molar refractivity (Wildman–Crippen MR) is 404 cm³/mol. The molecule has 10 atom stereocenters. The first kappa shape index (κ1) is 87.9. The highest BCUT2D eigenvalue weighted by Gasteiger charge is 2.52. The number of morpholine rings is 1. The molecule has 7 aliphatic rings. The molecule has 3 saturated carbocycles. The van der Waals surface area contributed by atoms with Crippen molar-refractivity contribution in [3.8, 4) is 0 Å². The molecule has 1 aromatic carbocycles. The third-order valence-corrected chi connectivity index (χ3v) is 25.0. The number of ether oxygens (including phenoxy) is 1. The quantitative estimate of drug-likeness (QED) is 0.191. The summed E-state index contributed by atoms with van der Waals surface area (Å²) in [6.45, 7) is 9.82. The number of aryl methyl sites for hydroxylation is 1. The number of halogens is 4. The minimum atomic E-state index is -4.80. The monoisotopic (exact) mass is 1570 g/mol. The number of benzene rings is 1. The van der Waals surface area contributed by atoms with Gasteiger partial charge >= 0.3 is 6.18 Å². The molecule has 27 nitrogen and oxygen atoms in total. The van der Waals surface area contributed by atoms with Crippen molar-refractivity contribution in [2.45, 2.75) is 261 Å². The van der Waals surface area contributed by atoms with E-state index in [4.69, 9.17) is 16.3 Å². The zero-order valence-corrected chi connectivity index (χ0v) is 67.5. The Kier molecular flexibility index (Phi) is 31.4. The molecule has 3 aliphatic carbocycles. The molecule has 4 aliphatic heterocycles. The third kappa shape index (κ3) is 21.4. The summed E-state index contributed by atoms with van der Waals surface area (Å²) in [4.78, 5) is 211. The zero-order chi connectivity index (χ0) is 80.8. The second kappa shape index (κ2) is 39.2. The lowest BCUT2D eigenvalue weighted by molar-refractivity contribution is -0.160. The van der Waals surface area contributed by atoms with Crippen LogP contribution in [-0.2, 0) is 79.7 Å². The number of carbonyl (C=O) groups is 13. The number of likely N-dealkylation sites (N-methyl/N-ethyl adjacent to an activating group) is 7. The molecule has 13 amide bonds. The van der Waals surface area contributed by atoms with Crippen LogP contribution in [0.2, 0.25) is 5.02 Å². The lowest BCUT2D eigenvalue weighted by Crippen LogP contribution is -2.65. The van der Waals surface area contributed by atoms with Crippen molar-refractivity contribution in [1.82, 2.24) is 64.9 Å². The summed E-state index contributed by atoms with van der Waals surface area (Å²) in [5, 5.41) is 8.15. The van der Waals surface area contributed by atoms with E-state index in [0.717, 1.165) is 73.3 Å². The topological polar surface area (TPSA) is 300 Å². The Balaban J connectivity index is 1.22. The van der Waals surface area contributed by atoms with Gasteiger partial charge in [0.25, 0.3) is 0 Å². The molecular weight excluding hydrogens is 1450 g/mol. The number of nitrogens with zero attached hydrogens (tertiary/aromatic N) is 10.